The molecule has 1 fully saturated rings. The number of aliphatic hydroxyl groups is 1. The number of nitrogens with one attached hydrogen (secondary N) is 1. The van der Waals surface area contributed by atoms with Gasteiger partial charge in [0, 0.05) is 30.8 Å². The van der Waals surface area contributed by atoms with Crippen LogP contribution in [0.1, 0.15) is 60.3 Å². The Hall–Kier alpha value is -0.160. The van der Waals surface area contributed by atoms with Gasteiger partial charge >= 0.3 is 0 Å². The average Bonchev–Trinajstić information content (AvgIpc) is 2.44. The highest BCUT2D eigenvalue weighted by molar-refractivity contribution is 4.89. The largest absolute Gasteiger partial charge is 0.394 e. The molecule has 0 amide bonds. The van der Waals surface area contributed by atoms with Gasteiger partial charge in [-0.15, -0.1) is 0 Å². The molecule has 0 saturated carbocycles. The van der Waals surface area contributed by atoms with E-state index in [2.05, 4.69) is 44.8 Å². The lowest BCUT2D eigenvalue weighted by molar-refractivity contribution is -0.0163. The molecule has 3 atom stereocenters. The van der Waals surface area contributed by atoms with Crippen LogP contribution in [0.2, 0.25) is 0 Å². The minimum absolute atomic E-state index is 0.180. The van der Waals surface area contributed by atoms with Crippen LogP contribution in [0.3, 0.4) is 0 Å². The molecule has 1 heterocycles. The summed E-state index contributed by atoms with van der Waals surface area (Å²) in [6.45, 7) is 14.1. The van der Waals surface area contributed by atoms with E-state index in [1.807, 2.05) is 0 Å². The molecule has 1 rings (SSSR count). The number of hydrogen-bond acceptors (Lipinski definition) is 4. The SMILES string of the molecule is CCCOC1CCCN(C(C)CC(C)(CO)NC(C)C)C1. The zero-order valence-electron chi connectivity index (χ0n) is 14.7. The van der Waals surface area contributed by atoms with Crippen molar-refractivity contribution in [2.45, 2.75) is 84.0 Å². The summed E-state index contributed by atoms with van der Waals surface area (Å²) in [5.74, 6) is 0. The van der Waals surface area contributed by atoms with Gasteiger partial charge in [-0.05, 0) is 46.1 Å². The predicted molar refractivity (Wildman–Crippen MR) is 88.7 cm³/mol. The first kappa shape index (κ1) is 18.9. The van der Waals surface area contributed by atoms with Crippen LogP contribution in [0.15, 0.2) is 0 Å². The van der Waals surface area contributed by atoms with Crippen molar-refractivity contribution < 1.29 is 9.84 Å². The van der Waals surface area contributed by atoms with Crippen LogP contribution < -0.4 is 5.32 Å². The molecule has 3 unspecified atom stereocenters. The molecule has 1 saturated heterocycles. The van der Waals surface area contributed by atoms with Gasteiger partial charge in [0.1, 0.15) is 0 Å². The van der Waals surface area contributed by atoms with Gasteiger partial charge in [-0.1, -0.05) is 20.8 Å². The third-order valence-corrected chi connectivity index (χ3v) is 4.32. The summed E-state index contributed by atoms with van der Waals surface area (Å²) in [6.07, 6.45) is 4.84. The van der Waals surface area contributed by atoms with Gasteiger partial charge in [0.05, 0.1) is 12.7 Å². The fraction of sp³-hybridized carbons (Fsp3) is 1.00. The quantitative estimate of drug-likeness (QED) is 0.686. The monoisotopic (exact) mass is 300 g/mol. The predicted octanol–water partition coefficient (Wildman–Crippen LogP) is 2.41. The van der Waals surface area contributed by atoms with Gasteiger partial charge in [0.15, 0.2) is 0 Å². The van der Waals surface area contributed by atoms with Crippen LogP contribution in [0.4, 0.5) is 0 Å². The topological polar surface area (TPSA) is 44.7 Å². The van der Waals surface area contributed by atoms with Gasteiger partial charge in [-0.2, -0.15) is 0 Å². The Bertz CT molecular complexity index is 286. The van der Waals surface area contributed by atoms with Gasteiger partial charge in [-0.3, -0.25) is 4.90 Å². The molecule has 1 aliphatic heterocycles. The second kappa shape index (κ2) is 9.09. The smallest absolute Gasteiger partial charge is 0.0702 e. The molecule has 0 aromatic rings. The van der Waals surface area contributed by atoms with Crippen LogP contribution in [-0.4, -0.2) is 60.0 Å². The summed E-state index contributed by atoms with van der Waals surface area (Å²) in [4.78, 5) is 2.53. The Kier molecular flexibility index (Phi) is 8.17. The summed E-state index contributed by atoms with van der Waals surface area (Å²) >= 11 is 0. The summed E-state index contributed by atoms with van der Waals surface area (Å²) in [7, 11) is 0. The van der Waals surface area contributed by atoms with Crippen molar-refractivity contribution in [3.8, 4) is 0 Å². The van der Waals surface area contributed by atoms with Gasteiger partial charge < -0.3 is 15.2 Å². The van der Waals surface area contributed by atoms with Gasteiger partial charge in [-0.25, -0.2) is 0 Å². The van der Waals surface area contributed by atoms with E-state index >= 15 is 0 Å². The van der Waals surface area contributed by atoms with Crippen LogP contribution in [0, 0.1) is 0 Å². The average molecular weight is 300 g/mol. The van der Waals surface area contributed by atoms with Crippen molar-refractivity contribution in [3.63, 3.8) is 0 Å². The molecule has 0 aliphatic carbocycles. The van der Waals surface area contributed by atoms with Crippen molar-refractivity contribution in [1.82, 2.24) is 10.2 Å². The van der Waals surface area contributed by atoms with Crippen LogP contribution in [0.5, 0.6) is 0 Å². The zero-order chi connectivity index (χ0) is 15.9. The molecule has 0 aromatic heterocycles. The number of piperidine rings is 1. The Labute approximate surface area is 131 Å². The maximum absolute atomic E-state index is 9.74. The highest BCUT2D eigenvalue weighted by atomic mass is 16.5. The number of likely N-dealkylation sites (tertiary alicyclic amines) is 1. The summed E-state index contributed by atoms with van der Waals surface area (Å²) in [5.41, 5.74) is -0.204. The lowest BCUT2D eigenvalue weighted by Crippen LogP contribution is -2.54. The van der Waals surface area contributed by atoms with Gasteiger partial charge in [0.25, 0.3) is 0 Å². The molecular formula is C17H36N2O2. The molecule has 126 valence electrons. The Morgan fingerprint density at radius 1 is 1.38 bits per heavy atom. The Morgan fingerprint density at radius 2 is 2.10 bits per heavy atom. The second-order valence-electron chi connectivity index (χ2n) is 7.20. The van der Waals surface area contributed by atoms with E-state index in [0.717, 1.165) is 32.5 Å². The van der Waals surface area contributed by atoms with E-state index in [4.69, 9.17) is 4.74 Å². The highest BCUT2D eigenvalue weighted by Crippen LogP contribution is 2.22. The number of nitrogens with zero attached hydrogens (tertiary/aromatic N) is 1. The molecule has 4 nitrogen and oxygen atoms in total. The molecular weight excluding hydrogens is 264 g/mol. The second-order valence-corrected chi connectivity index (χ2v) is 7.20. The van der Waals surface area contributed by atoms with Crippen molar-refractivity contribution >= 4 is 0 Å². The standard InChI is InChI=1S/C17H36N2O2/c1-6-10-21-16-8-7-9-19(12-16)15(4)11-17(5,13-20)18-14(2)3/h14-16,18,20H,6-13H2,1-5H3. The molecule has 0 bridgehead atoms. The Morgan fingerprint density at radius 3 is 2.67 bits per heavy atom. The third-order valence-electron chi connectivity index (χ3n) is 4.32. The van der Waals surface area contributed by atoms with E-state index in [9.17, 15) is 5.11 Å². The first-order chi connectivity index (χ1) is 9.90. The number of aliphatic hydroxyl groups excluding tert-OH is 1. The molecule has 0 radical (unpaired) electrons. The number of hydrogen-bond donors (Lipinski definition) is 2. The fourth-order valence-electron chi connectivity index (χ4n) is 3.43. The van der Waals surface area contributed by atoms with Crippen molar-refractivity contribution in [1.29, 1.82) is 0 Å². The van der Waals surface area contributed by atoms with E-state index in [1.165, 1.54) is 12.8 Å². The van der Waals surface area contributed by atoms with Crippen LogP contribution in [0.25, 0.3) is 0 Å². The number of ether oxygens (including phenoxy) is 1. The molecule has 1 aliphatic rings. The van der Waals surface area contributed by atoms with Crippen molar-refractivity contribution in [3.05, 3.63) is 0 Å². The normalized spacial score (nSPS) is 25.0. The first-order valence-corrected chi connectivity index (χ1v) is 8.64. The fourth-order valence-corrected chi connectivity index (χ4v) is 3.43. The Balaban J connectivity index is 2.50. The minimum Gasteiger partial charge on any atom is -0.394 e. The lowest BCUT2D eigenvalue weighted by Gasteiger charge is -2.41. The lowest BCUT2D eigenvalue weighted by atomic mass is 9.91. The maximum Gasteiger partial charge on any atom is 0.0702 e. The molecule has 2 N–H and O–H groups in total. The summed E-state index contributed by atoms with van der Waals surface area (Å²) in [5, 5.41) is 13.3. The van der Waals surface area contributed by atoms with E-state index in [1.54, 1.807) is 0 Å². The van der Waals surface area contributed by atoms with E-state index in [-0.39, 0.29) is 12.1 Å². The van der Waals surface area contributed by atoms with Crippen molar-refractivity contribution in [2.24, 2.45) is 0 Å². The third kappa shape index (κ3) is 6.64. The zero-order valence-corrected chi connectivity index (χ0v) is 14.7. The molecule has 0 aromatic carbocycles. The minimum atomic E-state index is -0.204. The first-order valence-electron chi connectivity index (χ1n) is 8.64. The highest BCUT2D eigenvalue weighted by Gasteiger charge is 2.31. The van der Waals surface area contributed by atoms with Crippen LogP contribution in [-0.2, 0) is 4.74 Å². The molecule has 21 heavy (non-hydrogen) atoms. The van der Waals surface area contributed by atoms with Crippen LogP contribution >= 0.6 is 0 Å². The van der Waals surface area contributed by atoms with E-state index < -0.39 is 0 Å². The van der Waals surface area contributed by atoms with Gasteiger partial charge in [0.2, 0.25) is 0 Å². The number of rotatable bonds is 9. The molecule has 0 spiro atoms. The summed E-state index contributed by atoms with van der Waals surface area (Å²) in [6, 6.07) is 0.845. The molecule has 4 heteroatoms. The maximum atomic E-state index is 9.74. The summed E-state index contributed by atoms with van der Waals surface area (Å²) < 4.78 is 5.93. The van der Waals surface area contributed by atoms with Crippen molar-refractivity contribution in [2.75, 3.05) is 26.3 Å². The van der Waals surface area contributed by atoms with E-state index in [0.29, 0.717) is 18.2 Å².